The number of benzene rings is 2. The molecule has 0 aliphatic rings. The summed E-state index contributed by atoms with van der Waals surface area (Å²) in [6.07, 6.45) is 13.8. The van der Waals surface area contributed by atoms with Crippen molar-refractivity contribution in [2.24, 2.45) is 0 Å². The molecule has 48 heavy (non-hydrogen) atoms. The van der Waals surface area contributed by atoms with Gasteiger partial charge < -0.3 is 9.84 Å². The predicted octanol–water partition coefficient (Wildman–Crippen LogP) is 12.4. The molecular weight excluding hydrogens is 611 g/mol. The number of hydrogen-bond acceptors (Lipinski definition) is 3. The van der Waals surface area contributed by atoms with Crippen LogP contribution in [-0.4, -0.2) is 34.9 Å². The van der Waals surface area contributed by atoms with E-state index in [2.05, 4.69) is 43.3 Å². The van der Waals surface area contributed by atoms with Crippen molar-refractivity contribution in [3.8, 4) is 22.3 Å². The summed E-state index contributed by atoms with van der Waals surface area (Å²) in [6.45, 7) is 3.21. The number of ether oxygens (including phenoxy) is 1. The Morgan fingerprint density at radius 1 is 0.771 bits per heavy atom. The summed E-state index contributed by atoms with van der Waals surface area (Å²) in [7, 11) is 0. The van der Waals surface area contributed by atoms with E-state index in [1.165, 1.54) is 70.6 Å². The molecular formula is C41H56F3NO3. The van der Waals surface area contributed by atoms with E-state index in [0.29, 0.717) is 19.3 Å². The number of nitrogens with zero attached hydrogens (tertiary/aromatic N) is 1. The highest BCUT2D eigenvalue weighted by molar-refractivity contribution is 5.83. The first kappa shape index (κ1) is 39.3. The number of aliphatic carboxylic acids is 1. The summed E-state index contributed by atoms with van der Waals surface area (Å²) in [5.41, 5.74) is 6.10. The molecule has 0 saturated heterocycles. The number of carbonyl (C=O) groups is 1. The number of aryl methyl sites for hydroxylation is 1. The zero-order chi connectivity index (χ0) is 34.6. The number of pyridine rings is 1. The first-order valence-electron chi connectivity index (χ1n) is 18.2. The maximum Gasteiger partial charge on any atom is 0.414 e. The summed E-state index contributed by atoms with van der Waals surface area (Å²) >= 11 is 0. The lowest BCUT2D eigenvalue weighted by Gasteiger charge is -2.22. The van der Waals surface area contributed by atoms with Crippen LogP contribution in [0.15, 0.2) is 66.9 Å². The molecule has 0 bridgehead atoms. The fourth-order valence-electron chi connectivity index (χ4n) is 6.26. The Hall–Kier alpha value is -3.19. The Labute approximate surface area is 286 Å². The zero-order valence-corrected chi connectivity index (χ0v) is 29.1. The molecule has 3 rings (SSSR count). The Balaban J connectivity index is 1.66. The number of rotatable bonds is 24. The Kier molecular flexibility index (Phi) is 17.8. The minimum absolute atomic E-state index is 0.00976. The van der Waals surface area contributed by atoms with Gasteiger partial charge in [-0.3, -0.25) is 9.78 Å². The molecule has 4 nitrogen and oxygen atoms in total. The quantitative estimate of drug-likeness (QED) is 0.0966. The van der Waals surface area contributed by atoms with Gasteiger partial charge in [-0.2, -0.15) is 13.2 Å². The van der Waals surface area contributed by atoms with Gasteiger partial charge in [0.15, 0.2) is 6.10 Å². The largest absolute Gasteiger partial charge is 0.481 e. The van der Waals surface area contributed by atoms with Gasteiger partial charge in [0.2, 0.25) is 0 Å². The van der Waals surface area contributed by atoms with Gasteiger partial charge in [-0.1, -0.05) is 132 Å². The van der Waals surface area contributed by atoms with Gasteiger partial charge in [-0.15, -0.1) is 0 Å². The van der Waals surface area contributed by atoms with Gasteiger partial charge in [0.1, 0.15) is 0 Å². The van der Waals surface area contributed by atoms with E-state index in [1.807, 2.05) is 30.5 Å². The van der Waals surface area contributed by atoms with Gasteiger partial charge in [-0.25, -0.2) is 0 Å². The average Bonchev–Trinajstić information content (AvgIpc) is 3.08. The fourth-order valence-corrected chi connectivity index (χ4v) is 6.26. The van der Waals surface area contributed by atoms with Crippen molar-refractivity contribution in [3.05, 3.63) is 78.1 Å². The summed E-state index contributed by atoms with van der Waals surface area (Å²) < 4.78 is 44.3. The summed E-state index contributed by atoms with van der Waals surface area (Å²) in [5, 5.41) is 9.20. The molecule has 2 aromatic carbocycles. The fraction of sp³-hybridized carbons (Fsp3) is 0.561. The van der Waals surface area contributed by atoms with Crippen molar-refractivity contribution in [1.29, 1.82) is 0 Å². The van der Waals surface area contributed by atoms with Crippen LogP contribution in [0.25, 0.3) is 22.3 Å². The Bertz CT molecular complexity index is 1310. The molecule has 1 heterocycles. The second-order valence-electron chi connectivity index (χ2n) is 13.2. The molecule has 0 aliphatic heterocycles. The minimum Gasteiger partial charge on any atom is -0.481 e. The smallest absolute Gasteiger partial charge is 0.414 e. The second kappa shape index (κ2) is 21.7. The molecule has 0 fully saturated rings. The van der Waals surface area contributed by atoms with Crippen LogP contribution in [0.2, 0.25) is 0 Å². The number of alkyl halides is 3. The van der Waals surface area contributed by atoms with E-state index in [0.717, 1.165) is 53.3 Å². The standard InChI is InChI=1S/C41H56F3NO3/c1-3-4-5-6-7-8-9-10-11-12-13-17-22-37-26-24-36(31-45-37)39-30-35(25-27-38(39)34-19-15-14-16-20-34)33(21-18-23-40(46)47)28-29-48-32(2)41(42,43)44/h14-16,19-20,24-27,30-33H,3-13,17-18,21-23,28-29H2,1-2H3,(H,46,47). The van der Waals surface area contributed by atoms with Crippen molar-refractivity contribution >= 4 is 5.97 Å². The minimum atomic E-state index is -4.42. The van der Waals surface area contributed by atoms with Crippen LogP contribution < -0.4 is 0 Å². The van der Waals surface area contributed by atoms with Crippen molar-refractivity contribution in [1.82, 2.24) is 4.98 Å². The monoisotopic (exact) mass is 667 g/mol. The lowest BCUT2D eigenvalue weighted by atomic mass is 9.86. The van der Waals surface area contributed by atoms with E-state index in [4.69, 9.17) is 9.72 Å². The Morgan fingerprint density at radius 3 is 2.00 bits per heavy atom. The van der Waals surface area contributed by atoms with E-state index in [9.17, 15) is 23.1 Å². The number of aromatic nitrogens is 1. The number of carboxylic acid groups (broad SMARTS) is 1. The number of halogens is 3. The van der Waals surface area contributed by atoms with E-state index >= 15 is 0 Å². The van der Waals surface area contributed by atoms with Crippen LogP contribution in [0.3, 0.4) is 0 Å². The van der Waals surface area contributed by atoms with Crippen molar-refractivity contribution < 1.29 is 27.8 Å². The van der Waals surface area contributed by atoms with Gasteiger partial charge >= 0.3 is 12.1 Å². The topological polar surface area (TPSA) is 59.4 Å². The third-order valence-corrected chi connectivity index (χ3v) is 9.26. The van der Waals surface area contributed by atoms with Crippen molar-refractivity contribution in [2.45, 2.75) is 141 Å². The molecule has 0 radical (unpaired) electrons. The number of hydrogen-bond donors (Lipinski definition) is 1. The van der Waals surface area contributed by atoms with Crippen molar-refractivity contribution in [3.63, 3.8) is 0 Å². The number of carboxylic acids is 1. The molecule has 264 valence electrons. The van der Waals surface area contributed by atoms with Crippen LogP contribution in [0.1, 0.15) is 134 Å². The lowest BCUT2D eigenvalue weighted by molar-refractivity contribution is -0.214. The van der Waals surface area contributed by atoms with Gasteiger partial charge in [0, 0.05) is 30.5 Å². The molecule has 2 unspecified atom stereocenters. The third-order valence-electron chi connectivity index (χ3n) is 9.26. The van der Waals surface area contributed by atoms with Gasteiger partial charge in [-0.05, 0) is 73.3 Å². The molecule has 7 heteroatoms. The normalized spacial score (nSPS) is 13.0. The van der Waals surface area contributed by atoms with Crippen LogP contribution in [0.4, 0.5) is 13.2 Å². The van der Waals surface area contributed by atoms with Crippen LogP contribution in [-0.2, 0) is 16.0 Å². The summed E-state index contributed by atoms with van der Waals surface area (Å²) in [6, 6.07) is 20.5. The molecule has 3 aromatic rings. The summed E-state index contributed by atoms with van der Waals surface area (Å²) in [5.74, 6) is -1.03. The maximum absolute atomic E-state index is 13.1. The average molecular weight is 668 g/mol. The molecule has 0 aliphatic carbocycles. The van der Waals surface area contributed by atoms with E-state index < -0.39 is 18.2 Å². The molecule has 0 spiro atoms. The maximum atomic E-state index is 13.1. The molecule has 0 saturated carbocycles. The van der Waals surface area contributed by atoms with Crippen LogP contribution >= 0.6 is 0 Å². The second-order valence-corrected chi connectivity index (χ2v) is 13.2. The summed E-state index contributed by atoms with van der Waals surface area (Å²) in [4.78, 5) is 16.0. The predicted molar refractivity (Wildman–Crippen MR) is 190 cm³/mol. The SMILES string of the molecule is CCCCCCCCCCCCCCc1ccc(-c2cc(C(CCCC(=O)O)CCOC(C)C(F)(F)F)ccc2-c2ccccc2)cn1. The molecule has 1 aromatic heterocycles. The van der Waals surface area contributed by atoms with Crippen molar-refractivity contribution in [2.75, 3.05) is 6.61 Å². The van der Waals surface area contributed by atoms with Gasteiger partial charge in [0.25, 0.3) is 0 Å². The van der Waals surface area contributed by atoms with Gasteiger partial charge in [0.05, 0.1) is 0 Å². The lowest BCUT2D eigenvalue weighted by Crippen LogP contribution is -2.29. The Morgan fingerprint density at radius 2 is 1.42 bits per heavy atom. The van der Waals surface area contributed by atoms with Crippen LogP contribution in [0.5, 0.6) is 0 Å². The highest BCUT2D eigenvalue weighted by atomic mass is 19.4. The third kappa shape index (κ3) is 14.5. The first-order chi connectivity index (χ1) is 23.2. The zero-order valence-electron chi connectivity index (χ0n) is 29.1. The van der Waals surface area contributed by atoms with E-state index in [1.54, 1.807) is 0 Å². The molecule has 2 atom stereocenters. The highest BCUT2D eigenvalue weighted by Gasteiger charge is 2.36. The van der Waals surface area contributed by atoms with E-state index in [-0.39, 0.29) is 18.9 Å². The molecule has 1 N–H and O–H groups in total. The number of unbranched alkanes of at least 4 members (excludes halogenated alkanes) is 11. The van der Waals surface area contributed by atoms with Crippen LogP contribution in [0, 0.1) is 0 Å². The first-order valence-corrected chi connectivity index (χ1v) is 18.2. The highest BCUT2D eigenvalue weighted by Crippen LogP contribution is 2.37. The molecule has 0 amide bonds.